The van der Waals surface area contributed by atoms with Crippen molar-refractivity contribution in [3.63, 3.8) is 0 Å². The molecule has 0 bridgehead atoms. The maximum Gasteiger partial charge on any atom is 0.0578 e. The molecule has 0 amide bonds. The van der Waals surface area contributed by atoms with Gasteiger partial charge in [0.2, 0.25) is 0 Å². The first-order valence-corrected chi connectivity index (χ1v) is 8.16. The maximum atomic E-state index is 12.2. The Balaban J connectivity index is 2.40. The van der Waals surface area contributed by atoms with Crippen molar-refractivity contribution in [2.24, 2.45) is 5.92 Å². The number of fused-ring (bicyclic) bond motifs is 1. The summed E-state index contributed by atoms with van der Waals surface area (Å²) in [6.07, 6.45) is 1.12. The molecule has 1 aliphatic heterocycles. The summed E-state index contributed by atoms with van der Waals surface area (Å²) in [5.74, 6) is 1.17. The first kappa shape index (κ1) is 13.2. The van der Waals surface area contributed by atoms with Crippen molar-refractivity contribution in [2.45, 2.75) is 31.2 Å². The van der Waals surface area contributed by atoms with Crippen molar-refractivity contribution >= 4 is 26.7 Å². The van der Waals surface area contributed by atoms with Crippen LogP contribution in [0.1, 0.15) is 31.9 Å². The fourth-order valence-electron chi connectivity index (χ4n) is 2.35. The molecular weight excluding hydrogens is 298 g/mol. The summed E-state index contributed by atoms with van der Waals surface area (Å²) in [4.78, 5) is 0.985. The molecule has 0 aromatic heterocycles. The van der Waals surface area contributed by atoms with Gasteiger partial charge in [-0.25, -0.2) is 0 Å². The van der Waals surface area contributed by atoms with Crippen molar-refractivity contribution in [1.82, 2.24) is 5.32 Å². The molecule has 3 unspecified atom stereocenters. The molecule has 17 heavy (non-hydrogen) atoms. The highest BCUT2D eigenvalue weighted by Gasteiger charge is 2.31. The van der Waals surface area contributed by atoms with Crippen LogP contribution in [0, 0.1) is 5.92 Å². The Morgan fingerprint density at radius 1 is 1.53 bits per heavy atom. The molecule has 1 aromatic carbocycles. The molecule has 4 heteroatoms. The van der Waals surface area contributed by atoms with Crippen molar-refractivity contribution in [2.75, 3.05) is 12.3 Å². The van der Waals surface area contributed by atoms with Crippen LogP contribution in [0.3, 0.4) is 0 Å². The van der Waals surface area contributed by atoms with Gasteiger partial charge in [-0.05, 0) is 46.4 Å². The van der Waals surface area contributed by atoms with E-state index in [2.05, 4.69) is 41.2 Å². The number of hydrogen-bond acceptors (Lipinski definition) is 2. The summed E-state index contributed by atoms with van der Waals surface area (Å²) in [6, 6.07) is 6.43. The fourth-order valence-corrected chi connectivity index (χ4v) is 4.85. The molecule has 0 saturated heterocycles. The minimum atomic E-state index is -0.870. The van der Waals surface area contributed by atoms with Gasteiger partial charge in [-0.1, -0.05) is 26.0 Å². The summed E-state index contributed by atoms with van der Waals surface area (Å²) in [5, 5.41) is 3.57. The molecule has 1 heterocycles. The van der Waals surface area contributed by atoms with Crippen molar-refractivity contribution in [3.8, 4) is 0 Å². The molecule has 0 spiro atoms. The van der Waals surface area contributed by atoms with E-state index in [4.69, 9.17) is 0 Å². The van der Waals surface area contributed by atoms with E-state index in [1.807, 2.05) is 12.1 Å². The molecule has 0 fully saturated rings. The van der Waals surface area contributed by atoms with E-state index in [0.29, 0.717) is 12.0 Å². The summed E-state index contributed by atoms with van der Waals surface area (Å²) in [6.45, 7) is 5.35. The Bertz CT molecular complexity index is 435. The van der Waals surface area contributed by atoms with E-state index >= 15 is 0 Å². The zero-order valence-corrected chi connectivity index (χ0v) is 12.6. The van der Waals surface area contributed by atoms with Crippen LogP contribution in [0.4, 0.5) is 0 Å². The van der Waals surface area contributed by atoms with E-state index in [9.17, 15) is 4.21 Å². The highest BCUT2D eigenvalue weighted by molar-refractivity contribution is 9.10. The van der Waals surface area contributed by atoms with Crippen molar-refractivity contribution in [3.05, 3.63) is 28.2 Å². The molecule has 2 rings (SSSR count). The summed E-state index contributed by atoms with van der Waals surface area (Å²) in [5.41, 5.74) is 1.20. The lowest BCUT2D eigenvalue weighted by atomic mass is 9.95. The third-order valence-electron chi connectivity index (χ3n) is 3.16. The molecule has 3 atom stereocenters. The van der Waals surface area contributed by atoms with Crippen LogP contribution in [-0.2, 0) is 10.8 Å². The third-order valence-corrected chi connectivity index (χ3v) is 5.82. The number of halogens is 1. The smallest absolute Gasteiger partial charge is 0.0578 e. The van der Waals surface area contributed by atoms with E-state index in [1.165, 1.54) is 5.56 Å². The maximum absolute atomic E-state index is 12.2. The lowest BCUT2D eigenvalue weighted by Gasteiger charge is -2.32. The topological polar surface area (TPSA) is 29.1 Å². The lowest BCUT2D eigenvalue weighted by Crippen LogP contribution is -2.34. The highest BCUT2D eigenvalue weighted by atomic mass is 79.9. The fraction of sp³-hybridized carbons (Fsp3) is 0.538. The first-order valence-electron chi connectivity index (χ1n) is 6.05. The van der Waals surface area contributed by atoms with Crippen LogP contribution in [0.25, 0.3) is 0 Å². The van der Waals surface area contributed by atoms with Crippen LogP contribution in [0.5, 0.6) is 0 Å². The zero-order chi connectivity index (χ0) is 12.4. The summed E-state index contributed by atoms with van der Waals surface area (Å²) >= 11 is 3.52. The van der Waals surface area contributed by atoms with Crippen molar-refractivity contribution < 1.29 is 4.21 Å². The van der Waals surface area contributed by atoms with E-state index in [0.717, 1.165) is 28.1 Å². The van der Waals surface area contributed by atoms with E-state index < -0.39 is 10.8 Å². The van der Waals surface area contributed by atoms with Crippen LogP contribution >= 0.6 is 15.9 Å². The monoisotopic (exact) mass is 315 g/mol. The Morgan fingerprint density at radius 3 is 3.00 bits per heavy atom. The standard InChI is InChI=1S/C13H18BrNOS/c1-3-7-15-12-9(2)8-17(16)13-10(12)5-4-6-11(13)14/h4-6,9,12,15H,3,7-8H2,1-2H3. The van der Waals surface area contributed by atoms with Gasteiger partial charge in [-0.2, -0.15) is 0 Å². The van der Waals surface area contributed by atoms with Crippen LogP contribution in [-0.4, -0.2) is 16.5 Å². The second-order valence-electron chi connectivity index (χ2n) is 4.58. The minimum Gasteiger partial charge on any atom is -0.310 e. The Morgan fingerprint density at radius 2 is 2.29 bits per heavy atom. The summed E-state index contributed by atoms with van der Waals surface area (Å²) < 4.78 is 13.2. The van der Waals surface area contributed by atoms with Gasteiger partial charge in [0.1, 0.15) is 0 Å². The minimum absolute atomic E-state index is 0.333. The van der Waals surface area contributed by atoms with Gasteiger partial charge in [-0.15, -0.1) is 0 Å². The predicted molar refractivity (Wildman–Crippen MR) is 75.6 cm³/mol. The molecule has 0 saturated carbocycles. The number of hydrogen-bond donors (Lipinski definition) is 1. The Labute approximate surface area is 114 Å². The Kier molecular flexibility index (Phi) is 4.39. The van der Waals surface area contributed by atoms with Gasteiger partial charge < -0.3 is 5.32 Å². The van der Waals surface area contributed by atoms with Crippen LogP contribution in [0.2, 0.25) is 0 Å². The van der Waals surface area contributed by atoms with Crippen LogP contribution < -0.4 is 5.32 Å². The highest BCUT2D eigenvalue weighted by Crippen LogP contribution is 2.37. The van der Waals surface area contributed by atoms with Gasteiger partial charge in [0.25, 0.3) is 0 Å². The molecule has 94 valence electrons. The van der Waals surface area contributed by atoms with E-state index in [1.54, 1.807) is 0 Å². The van der Waals surface area contributed by atoms with Crippen molar-refractivity contribution in [1.29, 1.82) is 0 Å². The molecule has 0 radical (unpaired) electrons. The zero-order valence-electron chi connectivity index (χ0n) is 10.2. The van der Waals surface area contributed by atoms with Gasteiger partial charge in [0, 0.05) is 16.3 Å². The molecule has 1 aliphatic rings. The second-order valence-corrected chi connectivity index (χ2v) is 6.87. The number of benzene rings is 1. The first-order chi connectivity index (χ1) is 8.15. The third kappa shape index (κ3) is 2.64. The average Bonchev–Trinajstić information content (AvgIpc) is 2.28. The number of nitrogens with one attached hydrogen (secondary N) is 1. The quantitative estimate of drug-likeness (QED) is 0.927. The summed E-state index contributed by atoms with van der Waals surface area (Å²) in [7, 11) is -0.870. The van der Waals surface area contributed by atoms with Gasteiger partial charge >= 0.3 is 0 Å². The average molecular weight is 316 g/mol. The van der Waals surface area contributed by atoms with Gasteiger partial charge in [-0.3, -0.25) is 4.21 Å². The lowest BCUT2D eigenvalue weighted by molar-refractivity contribution is 0.402. The molecule has 0 aliphatic carbocycles. The molecular formula is C13H18BrNOS. The normalized spacial score (nSPS) is 27.8. The SMILES string of the molecule is CCCNC1c2cccc(Br)c2S(=O)CC1C. The predicted octanol–water partition coefficient (Wildman–Crippen LogP) is 3.25. The second kappa shape index (κ2) is 5.63. The molecule has 1 N–H and O–H groups in total. The molecule has 1 aromatic rings. The van der Waals surface area contributed by atoms with Gasteiger partial charge in [0.05, 0.1) is 15.7 Å². The van der Waals surface area contributed by atoms with E-state index in [-0.39, 0.29) is 0 Å². The van der Waals surface area contributed by atoms with Gasteiger partial charge in [0.15, 0.2) is 0 Å². The molecule has 2 nitrogen and oxygen atoms in total. The number of rotatable bonds is 3. The largest absolute Gasteiger partial charge is 0.310 e. The van der Waals surface area contributed by atoms with Crippen LogP contribution in [0.15, 0.2) is 27.6 Å². The Hall–Kier alpha value is -0.190.